The molecular formula is C9H12Cl2N4. The molecule has 1 N–H and O–H groups in total. The lowest BCUT2D eigenvalue weighted by Gasteiger charge is -2.27. The maximum atomic E-state index is 6.21. The first kappa shape index (κ1) is 10.9. The van der Waals surface area contributed by atoms with E-state index >= 15 is 0 Å². The van der Waals surface area contributed by atoms with E-state index in [9.17, 15) is 0 Å². The number of halogens is 2. The summed E-state index contributed by atoms with van der Waals surface area (Å²) >= 11 is 11.9. The predicted molar refractivity (Wildman–Crippen MR) is 60.4 cm³/mol. The molecule has 0 aromatic carbocycles. The summed E-state index contributed by atoms with van der Waals surface area (Å²) in [6.07, 6.45) is 5.88. The molecule has 1 heterocycles. The highest BCUT2D eigenvalue weighted by atomic mass is 35.5. The minimum atomic E-state index is 0.147. The summed E-state index contributed by atoms with van der Waals surface area (Å²) in [6, 6.07) is 0.235. The SMILES string of the molecule is Clc1ncnc(NC2CCCCC2Cl)n1. The van der Waals surface area contributed by atoms with Crippen LogP contribution in [0.25, 0.3) is 0 Å². The van der Waals surface area contributed by atoms with Gasteiger partial charge in [-0.1, -0.05) is 12.8 Å². The summed E-state index contributed by atoms with van der Waals surface area (Å²) in [7, 11) is 0. The Labute approximate surface area is 98.4 Å². The van der Waals surface area contributed by atoms with Crippen molar-refractivity contribution in [3.05, 3.63) is 11.6 Å². The Morgan fingerprint density at radius 3 is 2.80 bits per heavy atom. The number of nitrogens with one attached hydrogen (secondary N) is 1. The van der Waals surface area contributed by atoms with Crippen molar-refractivity contribution in [2.45, 2.75) is 37.1 Å². The van der Waals surface area contributed by atoms with Crippen LogP contribution in [0.5, 0.6) is 0 Å². The van der Waals surface area contributed by atoms with E-state index in [0.717, 1.165) is 12.8 Å². The molecule has 2 atom stereocenters. The Bertz CT molecular complexity index is 334. The van der Waals surface area contributed by atoms with Crippen molar-refractivity contribution in [2.24, 2.45) is 0 Å². The van der Waals surface area contributed by atoms with Crippen LogP contribution in [0.2, 0.25) is 5.28 Å². The van der Waals surface area contributed by atoms with Gasteiger partial charge in [-0.25, -0.2) is 9.97 Å². The Hall–Kier alpha value is -0.610. The minimum absolute atomic E-state index is 0.147. The second-order valence-corrected chi connectivity index (χ2v) is 4.53. The maximum Gasteiger partial charge on any atom is 0.227 e. The van der Waals surface area contributed by atoms with Crippen LogP contribution in [-0.4, -0.2) is 26.4 Å². The Kier molecular flexibility index (Phi) is 3.59. The third-order valence-corrected chi connectivity index (χ3v) is 3.24. The first-order valence-electron chi connectivity index (χ1n) is 5.01. The molecule has 1 aromatic rings. The zero-order valence-electron chi connectivity index (χ0n) is 8.16. The summed E-state index contributed by atoms with van der Waals surface area (Å²) in [5.41, 5.74) is 0. The van der Waals surface area contributed by atoms with Crippen molar-refractivity contribution in [3.63, 3.8) is 0 Å². The molecule has 1 fully saturated rings. The Morgan fingerprint density at radius 2 is 2.07 bits per heavy atom. The van der Waals surface area contributed by atoms with Crippen LogP contribution >= 0.6 is 23.2 Å². The van der Waals surface area contributed by atoms with Crippen molar-refractivity contribution in [1.82, 2.24) is 15.0 Å². The number of anilines is 1. The summed E-state index contributed by atoms with van der Waals surface area (Å²) in [6.45, 7) is 0. The van der Waals surface area contributed by atoms with Crippen molar-refractivity contribution < 1.29 is 0 Å². The number of nitrogens with zero attached hydrogens (tertiary/aromatic N) is 3. The topological polar surface area (TPSA) is 50.7 Å². The van der Waals surface area contributed by atoms with Crippen LogP contribution in [-0.2, 0) is 0 Å². The van der Waals surface area contributed by atoms with Crippen LogP contribution in [0.15, 0.2) is 6.33 Å². The summed E-state index contributed by atoms with van der Waals surface area (Å²) in [5.74, 6) is 0.507. The lowest BCUT2D eigenvalue weighted by atomic mass is 9.95. The largest absolute Gasteiger partial charge is 0.350 e. The Morgan fingerprint density at radius 1 is 1.27 bits per heavy atom. The zero-order valence-corrected chi connectivity index (χ0v) is 9.67. The fraction of sp³-hybridized carbons (Fsp3) is 0.667. The lowest BCUT2D eigenvalue weighted by molar-refractivity contribution is 0.467. The third-order valence-electron chi connectivity index (χ3n) is 2.54. The number of hydrogen-bond acceptors (Lipinski definition) is 4. The molecule has 2 unspecified atom stereocenters. The molecule has 1 aliphatic rings. The predicted octanol–water partition coefficient (Wildman–Crippen LogP) is 2.49. The number of alkyl halides is 1. The van der Waals surface area contributed by atoms with E-state index in [1.165, 1.54) is 19.2 Å². The molecular weight excluding hydrogens is 235 g/mol. The van der Waals surface area contributed by atoms with E-state index in [1.54, 1.807) is 0 Å². The first-order chi connectivity index (χ1) is 7.25. The zero-order chi connectivity index (χ0) is 10.7. The molecule has 0 amide bonds. The van der Waals surface area contributed by atoms with Crippen molar-refractivity contribution >= 4 is 29.2 Å². The van der Waals surface area contributed by atoms with E-state index in [4.69, 9.17) is 23.2 Å². The van der Waals surface area contributed by atoms with Gasteiger partial charge in [-0.2, -0.15) is 4.98 Å². The van der Waals surface area contributed by atoms with Gasteiger partial charge in [-0.05, 0) is 24.4 Å². The number of aromatic nitrogens is 3. The van der Waals surface area contributed by atoms with Gasteiger partial charge in [0.2, 0.25) is 11.2 Å². The van der Waals surface area contributed by atoms with E-state index in [1.807, 2.05) is 0 Å². The quantitative estimate of drug-likeness (QED) is 0.815. The molecule has 6 heteroatoms. The van der Waals surface area contributed by atoms with Crippen LogP contribution in [0.3, 0.4) is 0 Å². The second-order valence-electron chi connectivity index (χ2n) is 3.63. The van der Waals surface area contributed by atoms with Crippen LogP contribution in [0.1, 0.15) is 25.7 Å². The highest BCUT2D eigenvalue weighted by molar-refractivity contribution is 6.28. The van der Waals surface area contributed by atoms with Gasteiger partial charge in [0.05, 0.1) is 5.38 Å². The molecule has 1 aromatic heterocycles. The normalized spacial score (nSPS) is 26.3. The van der Waals surface area contributed by atoms with Crippen LogP contribution < -0.4 is 5.32 Å². The van der Waals surface area contributed by atoms with Gasteiger partial charge < -0.3 is 5.32 Å². The van der Waals surface area contributed by atoms with Gasteiger partial charge in [0.1, 0.15) is 6.33 Å². The third kappa shape index (κ3) is 2.92. The maximum absolute atomic E-state index is 6.21. The van der Waals surface area contributed by atoms with E-state index in [-0.39, 0.29) is 16.7 Å². The van der Waals surface area contributed by atoms with Crippen molar-refractivity contribution in [1.29, 1.82) is 0 Å². The minimum Gasteiger partial charge on any atom is -0.350 e. The van der Waals surface area contributed by atoms with E-state index in [2.05, 4.69) is 20.3 Å². The van der Waals surface area contributed by atoms with E-state index < -0.39 is 0 Å². The average Bonchev–Trinajstić information content (AvgIpc) is 2.22. The molecule has 1 aliphatic carbocycles. The van der Waals surface area contributed by atoms with Crippen LogP contribution in [0.4, 0.5) is 5.95 Å². The second kappa shape index (κ2) is 4.94. The highest BCUT2D eigenvalue weighted by Crippen LogP contribution is 2.25. The molecule has 4 nitrogen and oxygen atoms in total. The first-order valence-corrected chi connectivity index (χ1v) is 5.82. The van der Waals surface area contributed by atoms with Crippen LogP contribution in [0, 0.1) is 0 Å². The lowest BCUT2D eigenvalue weighted by Crippen LogP contribution is -2.33. The molecule has 0 radical (unpaired) electrons. The highest BCUT2D eigenvalue weighted by Gasteiger charge is 2.23. The summed E-state index contributed by atoms with van der Waals surface area (Å²) in [5, 5.41) is 3.54. The van der Waals surface area contributed by atoms with Gasteiger partial charge in [0.15, 0.2) is 0 Å². The summed E-state index contributed by atoms with van der Waals surface area (Å²) in [4.78, 5) is 11.7. The van der Waals surface area contributed by atoms with Crippen molar-refractivity contribution in [2.75, 3.05) is 5.32 Å². The van der Waals surface area contributed by atoms with Gasteiger partial charge in [-0.3, -0.25) is 0 Å². The molecule has 15 heavy (non-hydrogen) atoms. The molecule has 82 valence electrons. The smallest absolute Gasteiger partial charge is 0.227 e. The molecule has 0 saturated heterocycles. The van der Waals surface area contributed by atoms with Gasteiger partial charge in [0, 0.05) is 6.04 Å². The number of rotatable bonds is 2. The van der Waals surface area contributed by atoms with Gasteiger partial charge in [-0.15, -0.1) is 11.6 Å². The molecule has 0 spiro atoms. The molecule has 1 saturated carbocycles. The molecule has 2 rings (SSSR count). The number of hydrogen-bond donors (Lipinski definition) is 1. The van der Waals surface area contributed by atoms with Gasteiger partial charge >= 0.3 is 0 Å². The summed E-state index contributed by atoms with van der Waals surface area (Å²) < 4.78 is 0. The Balaban J connectivity index is 2.01. The van der Waals surface area contributed by atoms with E-state index in [0.29, 0.717) is 5.95 Å². The average molecular weight is 247 g/mol. The fourth-order valence-electron chi connectivity index (χ4n) is 1.76. The van der Waals surface area contributed by atoms with Gasteiger partial charge in [0.25, 0.3) is 0 Å². The molecule has 0 bridgehead atoms. The fourth-order valence-corrected chi connectivity index (χ4v) is 2.23. The monoisotopic (exact) mass is 246 g/mol. The standard InChI is InChI=1S/C9H12Cl2N4/c10-6-3-1-2-4-7(6)14-9-13-5-12-8(11)15-9/h5-7H,1-4H2,(H,12,13,14,15). The van der Waals surface area contributed by atoms with Crippen molar-refractivity contribution in [3.8, 4) is 0 Å². The molecule has 0 aliphatic heterocycles.